The Morgan fingerprint density at radius 3 is 2.89 bits per heavy atom. The van der Waals surface area contributed by atoms with Crippen molar-refractivity contribution in [3.05, 3.63) is 53.7 Å². The number of nitrogens with zero attached hydrogens (tertiary/aromatic N) is 2. The van der Waals surface area contributed by atoms with Crippen molar-refractivity contribution in [2.45, 2.75) is 25.1 Å². The summed E-state index contributed by atoms with van der Waals surface area (Å²) < 4.78 is 0. The number of halogens is 1. The molecule has 1 aromatic heterocycles. The summed E-state index contributed by atoms with van der Waals surface area (Å²) >= 11 is 6.05. The van der Waals surface area contributed by atoms with Crippen LogP contribution in [0.15, 0.2) is 42.6 Å². The number of hydrogen-bond acceptors (Lipinski definition) is 2. The van der Waals surface area contributed by atoms with Gasteiger partial charge in [-0.15, -0.1) is 11.6 Å². The third kappa shape index (κ3) is 2.45. The zero-order valence-electron chi connectivity index (χ0n) is 10.8. The van der Waals surface area contributed by atoms with E-state index < -0.39 is 0 Å². The number of pyridine rings is 1. The number of hydrogen-bond donors (Lipinski definition) is 0. The number of fused-ring (bicyclic) bond motifs is 1. The molecule has 1 aromatic carbocycles. The fraction of sp³-hybridized carbons (Fsp3) is 0.312. The van der Waals surface area contributed by atoms with E-state index in [1.54, 1.807) is 0 Å². The van der Waals surface area contributed by atoms with Gasteiger partial charge in [-0.05, 0) is 37.0 Å². The third-order valence-electron chi connectivity index (χ3n) is 3.63. The van der Waals surface area contributed by atoms with E-state index >= 15 is 0 Å². The van der Waals surface area contributed by atoms with Crippen LogP contribution in [-0.4, -0.2) is 11.5 Å². The molecular formula is C16H17ClN2. The smallest absolute Gasteiger partial charge is 0.137 e. The number of rotatable bonds is 2. The number of para-hydroxylation sites is 1. The zero-order chi connectivity index (χ0) is 13.1. The number of benzene rings is 1. The van der Waals surface area contributed by atoms with Crippen LogP contribution in [0, 0.1) is 0 Å². The molecule has 2 heterocycles. The summed E-state index contributed by atoms with van der Waals surface area (Å²) in [6.07, 6.45) is 5.41. The summed E-state index contributed by atoms with van der Waals surface area (Å²) in [5.74, 6) is 1.51. The Kier molecular flexibility index (Phi) is 3.69. The van der Waals surface area contributed by atoms with Gasteiger partial charge in [-0.25, -0.2) is 4.98 Å². The van der Waals surface area contributed by atoms with E-state index in [4.69, 9.17) is 11.6 Å². The maximum Gasteiger partial charge on any atom is 0.137 e. The van der Waals surface area contributed by atoms with E-state index in [1.165, 1.54) is 24.1 Å². The van der Waals surface area contributed by atoms with Crippen molar-refractivity contribution < 1.29 is 0 Å². The van der Waals surface area contributed by atoms with E-state index in [0.717, 1.165) is 24.3 Å². The van der Waals surface area contributed by atoms with E-state index in [-0.39, 0.29) is 0 Å². The van der Waals surface area contributed by atoms with Crippen LogP contribution in [0.4, 0.5) is 11.5 Å². The normalized spacial score (nSPS) is 14.9. The molecule has 0 amide bonds. The molecule has 0 aliphatic carbocycles. The minimum atomic E-state index is 0.502. The van der Waals surface area contributed by atoms with Gasteiger partial charge in [0.15, 0.2) is 0 Å². The van der Waals surface area contributed by atoms with E-state index in [2.05, 4.69) is 40.2 Å². The van der Waals surface area contributed by atoms with Gasteiger partial charge in [-0.1, -0.05) is 24.3 Å². The van der Waals surface area contributed by atoms with Crippen LogP contribution in [0.1, 0.15) is 24.0 Å². The van der Waals surface area contributed by atoms with Gasteiger partial charge in [0.1, 0.15) is 5.82 Å². The molecule has 0 bridgehead atoms. The second-order valence-corrected chi connectivity index (χ2v) is 5.12. The molecule has 19 heavy (non-hydrogen) atoms. The van der Waals surface area contributed by atoms with Crippen molar-refractivity contribution in [2.75, 3.05) is 11.4 Å². The van der Waals surface area contributed by atoms with Crippen molar-refractivity contribution in [3.8, 4) is 0 Å². The summed E-state index contributed by atoms with van der Waals surface area (Å²) in [4.78, 5) is 6.87. The highest BCUT2D eigenvalue weighted by Gasteiger charge is 2.19. The standard InChI is InChI=1S/C16H17ClN2/c17-12-14-8-5-10-18-16(14)19-11-4-3-7-13-6-1-2-9-15(13)19/h1-2,5-6,8-10H,3-4,7,11-12H2. The number of aryl methyl sites for hydroxylation is 1. The average Bonchev–Trinajstić information content (AvgIpc) is 2.69. The van der Waals surface area contributed by atoms with Crippen molar-refractivity contribution in [1.82, 2.24) is 4.98 Å². The molecule has 3 heteroatoms. The fourth-order valence-corrected chi connectivity index (χ4v) is 2.90. The van der Waals surface area contributed by atoms with E-state index in [9.17, 15) is 0 Å². The molecule has 2 nitrogen and oxygen atoms in total. The Morgan fingerprint density at radius 2 is 2.00 bits per heavy atom. The van der Waals surface area contributed by atoms with Gasteiger partial charge >= 0.3 is 0 Å². The lowest BCUT2D eigenvalue weighted by Crippen LogP contribution is -2.20. The molecule has 0 spiro atoms. The third-order valence-corrected chi connectivity index (χ3v) is 3.92. The van der Waals surface area contributed by atoms with Crippen LogP contribution in [0.3, 0.4) is 0 Å². The quantitative estimate of drug-likeness (QED) is 0.758. The highest BCUT2D eigenvalue weighted by molar-refractivity contribution is 6.17. The molecule has 0 saturated carbocycles. The van der Waals surface area contributed by atoms with Crippen LogP contribution >= 0.6 is 11.6 Å². The lowest BCUT2D eigenvalue weighted by molar-refractivity contribution is 0.756. The highest BCUT2D eigenvalue weighted by Crippen LogP contribution is 2.33. The fourth-order valence-electron chi connectivity index (χ4n) is 2.69. The topological polar surface area (TPSA) is 16.1 Å². The minimum absolute atomic E-state index is 0.502. The first-order valence-corrected chi connectivity index (χ1v) is 7.29. The lowest BCUT2D eigenvalue weighted by Gasteiger charge is -2.25. The molecule has 0 radical (unpaired) electrons. The molecule has 0 unspecified atom stereocenters. The first kappa shape index (κ1) is 12.5. The molecule has 98 valence electrons. The summed E-state index contributed by atoms with van der Waals surface area (Å²) in [7, 11) is 0. The highest BCUT2D eigenvalue weighted by atomic mass is 35.5. The van der Waals surface area contributed by atoms with Gasteiger partial charge in [-0.2, -0.15) is 0 Å². The van der Waals surface area contributed by atoms with Crippen LogP contribution in [0.5, 0.6) is 0 Å². The van der Waals surface area contributed by atoms with Crippen LogP contribution in [0.2, 0.25) is 0 Å². The SMILES string of the molecule is ClCc1cccnc1N1CCCCc2ccccc21. The first-order valence-electron chi connectivity index (χ1n) is 6.75. The average molecular weight is 273 g/mol. The Balaban J connectivity index is 2.09. The van der Waals surface area contributed by atoms with Gasteiger partial charge in [0.05, 0.1) is 5.88 Å². The molecule has 1 aliphatic rings. The van der Waals surface area contributed by atoms with Crippen molar-refractivity contribution in [1.29, 1.82) is 0 Å². The monoisotopic (exact) mass is 272 g/mol. The van der Waals surface area contributed by atoms with Gasteiger partial charge in [-0.3, -0.25) is 0 Å². The Morgan fingerprint density at radius 1 is 1.11 bits per heavy atom. The van der Waals surface area contributed by atoms with E-state index in [1.807, 2.05) is 12.3 Å². The molecule has 0 fully saturated rings. The maximum absolute atomic E-state index is 6.05. The predicted molar refractivity (Wildman–Crippen MR) is 80.2 cm³/mol. The van der Waals surface area contributed by atoms with Gasteiger partial charge < -0.3 is 4.90 Å². The van der Waals surface area contributed by atoms with Crippen LogP contribution < -0.4 is 4.90 Å². The van der Waals surface area contributed by atoms with Crippen molar-refractivity contribution in [2.24, 2.45) is 0 Å². The van der Waals surface area contributed by atoms with Crippen LogP contribution in [-0.2, 0) is 12.3 Å². The first-order chi connectivity index (χ1) is 9.40. The summed E-state index contributed by atoms with van der Waals surface area (Å²) in [6.45, 7) is 1.01. The lowest BCUT2D eigenvalue weighted by atomic mass is 10.1. The molecule has 0 N–H and O–H groups in total. The minimum Gasteiger partial charge on any atom is -0.326 e. The van der Waals surface area contributed by atoms with E-state index in [0.29, 0.717) is 5.88 Å². The number of alkyl halides is 1. The van der Waals surface area contributed by atoms with Gasteiger partial charge in [0, 0.05) is 24.0 Å². The number of aromatic nitrogens is 1. The molecule has 3 rings (SSSR count). The van der Waals surface area contributed by atoms with Crippen molar-refractivity contribution in [3.63, 3.8) is 0 Å². The second kappa shape index (κ2) is 5.62. The zero-order valence-corrected chi connectivity index (χ0v) is 11.6. The van der Waals surface area contributed by atoms with Crippen molar-refractivity contribution >= 4 is 23.1 Å². The summed E-state index contributed by atoms with van der Waals surface area (Å²) in [5, 5.41) is 0. The molecule has 0 atom stereocenters. The van der Waals surface area contributed by atoms with Crippen LogP contribution in [0.25, 0.3) is 0 Å². The summed E-state index contributed by atoms with van der Waals surface area (Å²) in [5.41, 5.74) is 3.79. The Hall–Kier alpha value is -1.54. The molecular weight excluding hydrogens is 256 g/mol. The molecule has 2 aromatic rings. The largest absolute Gasteiger partial charge is 0.326 e. The summed E-state index contributed by atoms with van der Waals surface area (Å²) in [6, 6.07) is 12.6. The Labute approximate surface area is 119 Å². The maximum atomic E-state index is 6.05. The predicted octanol–water partition coefficient (Wildman–Crippen LogP) is 4.29. The van der Waals surface area contributed by atoms with Gasteiger partial charge in [0.2, 0.25) is 0 Å². The molecule has 1 aliphatic heterocycles. The molecule has 0 saturated heterocycles. The van der Waals surface area contributed by atoms with Gasteiger partial charge in [0.25, 0.3) is 0 Å². The number of anilines is 2. The second-order valence-electron chi connectivity index (χ2n) is 4.86. The Bertz CT molecular complexity index is 568.